The number of aryl methyl sites for hydroxylation is 1. The van der Waals surface area contributed by atoms with Gasteiger partial charge in [0.25, 0.3) is 0 Å². The SMILES string of the molecule is C/C(=N/Nc1ccccc1C)c1ccc(N2CCOCC2)cc1. The Kier molecular flexibility index (Phi) is 4.93. The molecule has 4 heteroatoms. The lowest BCUT2D eigenvalue weighted by Gasteiger charge is -2.28. The molecular formula is C19H23N3O. The Bertz CT molecular complexity index is 673. The minimum atomic E-state index is 0.808. The Balaban J connectivity index is 1.68. The van der Waals surface area contributed by atoms with Crippen molar-refractivity contribution in [3.05, 3.63) is 59.7 Å². The van der Waals surface area contributed by atoms with E-state index in [1.807, 2.05) is 25.1 Å². The zero-order valence-corrected chi connectivity index (χ0v) is 13.7. The second kappa shape index (κ2) is 7.29. The number of hydrogen-bond donors (Lipinski definition) is 1. The second-order valence-electron chi connectivity index (χ2n) is 5.77. The van der Waals surface area contributed by atoms with Gasteiger partial charge in [0.2, 0.25) is 0 Å². The van der Waals surface area contributed by atoms with Crippen molar-refractivity contribution in [3.63, 3.8) is 0 Å². The predicted octanol–water partition coefficient (Wildman–Crippen LogP) is 3.67. The van der Waals surface area contributed by atoms with Crippen molar-refractivity contribution in [1.29, 1.82) is 0 Å². The van der Waals surface area contributed by atoms with Gasteiger partial charge in [0.15, 0.2) is 0 Å². The van der Waals surface area contributed by atoms with Crippen LogP contribution >= 0.6 is 0 Å². The molecule has 1 fully saturated rings. The molecule has 0 aliphatic carbocycles. The van der Waals surface area contributed by atoms with Crippen LogP contribution in [0.1, 0.15) is 18.1 Å². The Hall–Kier alpha value is -2.33. The third-order valence-electron chi connectivity index (χ3n) is 4.15. The summed E-state index contributed by atoms with van der Waals surface area (Å²) < 4.78 is 5.40. The summed E-state index contributed by atoms with van der Waals surface area (Å²) in [6, 6.07) is 16.7. The van der Waals surface area contributed by atoms with E-state index < -0.39 is 0 Å². The van der Waals surface area contributed by atoms with E-state index in [1.54, 1.807) is 0 Å². The maximum absolute atomic E-state index is 5.40. The predicted molar refractivity (Wildman–Crippen MR) is 96.5 cm³/mol. The van der Waals surface area contributed by atoms with E-state index in [1.165, 1.54) is 11.3 Å². The standard InChI is InChI=1S/C19H23N3O/c1-15-5-3-4-6-19(15)21-20-16(2)17-7-9-18(10-8-17)22-11-13-23-14-12-22/h3-10,21H,11-14H2,1-2H3/b20-16-. The van der Waals surface area contributed by atoms with Gasteiger partial charge in [-0.25, -0.2) is 0 Å². The third-order valence-corrected chi connectivity index (χ3v) is 4.15. The molecule has 4 nitrogen and oxygen atoms in total. The molecule has 0 aromatic heterocycles. The molecule has 1 N–H and O–H groups in total. The largest absolute Gasteiger partial charge is 0.378 e. The van der Waals surface area contributed by atoms with Crippen LogP contribution in [0.2, 0.25) is 0 Å². The van der Waals surface area contributed by atoms with Crippen molar-refractivity contribution >= 4 is 17.1 Å². The molecule has 1 saturated heterocycles. The normalized spacial score (nSPS) is 15.6. The second-order valence-corrected chi connectivity index (χ2v) is 5.77. The van der Waals surface area contributed by atoms with Crippen LogP contribution in [0.15, 0.2) is 53.6 Å². The summed E-state index contributed by atoms with van der Waals surface area (Å²) in [5.41, 5.74) is 8.72. The van der Waals surface area contributed by atoms with E-state index in [9.17, 15) is 0 Å². The first-order valence-electron chi connectivity index (χ1n) is 8.03. The zero-order valence-electron chi connectivity index (χ0n) is 13.7. The molecule has 1 aliphatic rings. The molecule has 2 aromatic rings. The number of ether oxygens (including phenoxy) is 1. The van der Waals surface area contributed by atoms with Crippen LogP contribution in [0.4, 0.5) is 11.4 Å². The lowest BCUT2D eigenvalue weighted by atomic mass is 10.1. The number of nitrogens with zero attached hydrogens (tertiary/aromatic N) is 2. The molecule has 0 atom stereocenters. The van der Waals surface area contributed by atoms with Gasteiger partial charge in [-0.2, -0.15) is 5.10 Å². The van der Waals surface area contributed by atoms with Crippen LogP contribution in [0, 0.1) is 6.92 Å². The fraction of sp³-hybridized carbons (Fsp3) is 0.316. The van der Waals surface area contributed by atoms with Crippen molar-refractivity contribution < 1.29 is 4.74 Å². The summed E-state index contributed by atoms with van der Waals surface area (Å²) >= 11 is 0. The number of para-hydroxylation sites is 1. The topological polar surface area (TPSA) is 36.9 Å². The van der Waals surface area contributed by atoms with Crippen molar-refractivity contribution in [1.82, 2.24) is 0 Å². The van der Waals surface area contributed by atoms with Crippen LogP contribution in [-0.2, 0) is 4.74 Å². The van der Waals surface area contributed by atoms with E-state index in [4.69, 9.17) is 4.74 Å². The van der Waals surface area contributed by atoms with Gasteiger partial charge in [-0.3, -0.25) is 5.43 Å². The van der Waals surface area contributed by atoms with Gasteiger partial charge in [0, 0.05) is 18.8 Å². The Morgan fingerprint density at radius 1 is 1.04 bits per heavy atom. The van der Waals surface area contributed by atoms with Crippen molar-refractivity contribution in [2.45, 2.75) is 13.8 Å². The van der Waals surface area contributed by atoms with Gasteiger partial charge in [-0.1, -0.05) is 30.3 Å². The van der Waals surface area contributed by atoms with Crippen LogP contribution in [0.3, 0.4) is 0 Å². The van der Waals surface area contributed by atoms with Crippen LogP contribution in [0.25, 0.3) is 0 Å². The molecule has 3 rings (SSSR count). The molecule has 23 heavy (non-hydrogen) atoms. The maximum atomic E-state index is 5.40. The highest BCUT2D eigenvalue weighted by Gasteiger charge is 2.11. The number of anilines is 2. The number of benzene rings is 2. The average Bonchev–Trinajstić information content (AvgIpc) is 2.62. The van der Waals surface area contributed by atoms with Gasteiger partial charge in [-0.15, -0.1) is 0 Å². The first-order chi connectivity index (χ1) is 11.2. The van der Waals surface area contributed by atoms with E-state index >= 15 is 0 Å². The molecule has 120 valence electrons. The maximum Gasteiger partial charge on any atom is 0.0648 e. The van der Waals surface area contributed by atoms with Crippen molar-refractivity contribution in [2.24, 2.45) is 5.10 Å². The van der Waals surface area contributed by atoms with Gasteiger partial charge in [0.05, 0.1) is 24.6 Å². The fourth-order valence-corrected chi connectivity index (χ4v) is 2.64. The molecular weight excluding hydrogens is 286 g/mol. The number of rotatable bonds is 4. The quantitative estimate of drug-likeness (QED) is 0.691. The monoisotopic (exact) mass is 309 g/mol. The number of nitrogens with one attached hydrogen (secondary N) is 1. The minimum Gasteiger partial charge on any atom is -0.378 e. The summed E-state index contributed by atoms with van der Waals surface area (Å²) in [5, 5.41) is 4.50. The van der Waals surface area contributed by atoms with Crippen molar-refractivity contribution in [2.75, 3.05) is 36.6 Å². The zero-order chi connectivity index (χ0) is 16.1. The minimum absolute atomic E-state index is 0.808. The Labute approximate surface area is 137 Å². The van der Waals surface area contributed by atoms with Crippen LogP contribution in [0.5, 0.6) is 0 Å². The average molecular weight is 309 g/mol. The molecule has 1 heterocycles. The van der Waals surface area contributed by atoms with Crippen LogP contribution in [-0.4, -0.2) is 32.0 Å². The molecule has 1 aliphatic heterocycles. The molecule has 0 radical (unpaired) electrons. The van der Waals surface area contributed by atoms with Crippen molar-refractivity contribution in [3.8, 4) is 0 Å². The highest BCUT2D eigenvalue weighted by molar-refractivity contribution is 5.99. The van der Waals surface area contributed by atoms with Gasteiger partial charge >= 0.3 is 0 Å². The number of morpholine rings is 1. The van der Waals surface area contributed by atoms with Gasteiger partial charge in [-0.05, 0) is 43.2 Å². The Morgan fingerprint density at radius 2 is 1.74 bits per heavy atom. The van der Waals surface area contributed by atoms with E-state index in [0.29, 0.717) is 0 Å². The molecule has 0 bridgehead atoms. The first-order valence-corrected chi connectivity index (χ1v) is 8.03. The number of hydrogen-bond acceptors (Lipinski definition) is 4. The highest BCUT2D eigenvalue weighted by Crippen LogP contribution is 2.18. The third kappa shape index (κ3) is 3.90. The fourth-order valence-electron chi connectivity index (χ4n) is 2.64. The Morgan fingerprint density at radius 3 is 2.43 bits per heavy atom. The van der Waals surface area contributed by atoms with Gasteiger partial charge < -0.3 is 9.64 Å². The molecule has 0 amide bonds. The van der Waals surface area contributed by atoms with E-state index in [-0.39, 0.29) is 0 Å². The van der Waals surface area contributed by atoms with E-state index in [2.05, 4.69) is 52.7 Å². The summed E-state index contributed by atoms with van der Waals surface area (Å²) in [6.45, 7) is 7.63. The summed E-state index contributed by atoms with van der Waals surface area (Å²) in [4.78, 5) is 2.35. The first kappa shape index (κ1) is 15.6. The smallest absolute Gasteiger partial charge is 0.0648 e. The summed E-state index contributed by atoms with van der Waals surface area (Å²) in [6.07, 6.45) is 0. The highest BCUT2D eigenvalue weighted by atomic mass is 16.5. The molecule has 0 spiro atoms. The molecule has 0 unspecified atom stereocenters. The lowest BCUT2D eigenvalue weighted by Crippen LogP contribution is -2.36. The van der Waals surface area contributed by atoms with Gasteiger partial charge in [0.1, 0.15) is 0 Å². The lowest BCUT2D eigenvalue weighted by molar-refractivity contribution is 0.122. The summed E-state index contributed by atoms with van der Waals surface area (Å²) in [5.74, 6) is 0. The summed E-state index contributed by atoms with van der Waals surface area (Å²) in [7, 11) is 0. The number of hydrazone groups is 1. The van der Waals surface area contributed by atoms with Crippen LogP contribution < -0.4 is 10.3 Å². The molecule has 0 saturated carbocycles. The van der Waals surface area contributed by atoms with E-state index in [0.717, 1.165) is 43.3 Å². The molecule has 2 aromatic carbocycles.